The SMILES string of the molecule is ICCOc1ccc(Nc2ccc3cnccc3c2)nc1. The van der Waals surface area contributed by atoms with Crippen molar-refractivity contribution in [2.24, 2.45) is 0 Å². The number of fused-ring (bicyclic) bond motifs is 1. The van der Waals surface area contributed by atoms with E-state index in [-0.39, 0.29) is 0 Å². The maximum Gasteiger partial charge on any atom is 0.137 e. The van der Waals surface area contributed by atoms with Crippen LogP contribution >= 0.6 is 22.6 Å². The minimum absolute atomic E-state index is 0.702. The number of hydrogen-bond acceptors (Lipinski definition) is 4. The molecule has 0 saturated heterocycles. The molecule has 0 atom stereocenters. The smallest absolute Gasteiger partial charge is 0.137 e. The summed E-state index contributed by atoms with van der Waals surface area (Å²) in [6.45, 7) is 0.702. The zero-order valence-corrected chi connectivity index (χ0v) is 13.4. The van der Waals surface area contributed by atoms with E-state index < -0.39 is 0 Å². The van der Waals surface area contributed by atoms with Crippen LogP contribution in [0, 0.1) is 0 Å². The fourth-order valence-corrected chi connectivity index (χ4v) is 2.23. The van der Waals surface area contributed by atoms with Gasteiger partial charge in [-0.3, -0.25) is 4.98 Å². The molecule has 0 aliphatic carbocycles. The van der Waals surface area contributed by atoms with Gasteiger partial charge in [0.1, 0.15) is 11.6 Å². The predicted molar refractivity (Wildman–Crippen MR) is 93.6 cm³/mol. The van der Waals surface area contributed by atoms with Gasteiger partial charge in [-0.2, -0.15) is 0 Å². The van der Waals surface area contributed by atoms with Crippen molar-refractivity contribution in [3.63, 3.8) is 0 Å². The highest BCUT2D eigenvalue weighted by atomic mass is 127. The number of nitrogens with one attached hydrogen (secondary N) is 1. The average molecular weight is 391 g/mol. The number of pyridine rings is 2. The molecule has 0 fully saturated rings. The Morgan fingerprint density at radius 3 is 2.81 bits per heavy atom. The second-order valence-electron chi connectivity index (χ2n) is 4.48. The van der Waals surface area contributed by atoms with Gasteiger partial charge in [-0.25, -0.2) is 4.98 Å². The molecular weight excluding hydrogens is 377 g/mol. The molecule has 0 unspecified atom stereocenters. The number of ether oxygens (including phenoxy) is 1. The Balaban J connectivity index is 1.75. The molecule has 106 valence electrons. The van der Waals surface area contributed by atoms with Crippen molar-refractivity contribution in [3.05, 3.63) is 55.0 Å². The highest BCUT2D eigenvalue weighted by Crippen LogP contribution is 2.21. The molecule has 21 heavy (non-hydrogen) atoms. The van der Waals surface area contributed by atoms with Gasteiger partial charge in [0.05, 0.1) is 12.8 Å². The molecule has 0 amide bonds. The van der Waals surface area contributed by atoms with Gasteiger partial charge >= 0.3 is 0 Å². The second kappa shape index (κ2) is 6.71. The van der Waals surface area contributed by atoms with Gasteiger partial charge in [0.25, 0.3) is 0 Å². The number of alkyl halides is 1. The van der Waals surface area contributed by atoms with E-state index in [1.807, 2.05) is 36.5 Å². The van der Waals surface area contributed by atoms with E-state index in [2.05, 4.69) is 43.9 Å². The molecule has 2 aromatic heterocycles. The molecule has 2 heterocycles. The minimum atomic E-state index is 0.702. The summed E-state index contributed by atoms with van der Waals surface area (Å²) in [4.78, 5) is 8.47. The van der Waals surface area contributed by atoms with Crippen LogP contribution < -0.4 is 10.1 Å². The zero-order valence-electron chi connectivity index (χ0n) is 11.3. The molecular formula is C16H14IN3O. The van der Waals surface area contributed by atoms with E-state index in [1.165, 1.54) is 0 Å². The maximum atomic E-state index is 5.51. The van der Waals surface area contributed by atoms with Crippen molar-refractivity contribution in [1.82, 2.24) is 9.97 Å². The minimum Gasteiger partial charge on any atom is -0.491 e. The fourth-order valence-electron chi connectivity index (χ4n) is 2.01. The molecule has 3 aromatic rings. The van der Waals surface area contributed by atoms with Crippen LogP contribution in [0.4, 0.5) is 11.5 Å². The van der Waals surface area contributed by atoms with Crippen LogP contribution in [0.5, 0.6) is 5.75 Å². The van der Waals surface area contributed by atoms with Gasteiger partial charge < -0.3 is 10.1 Å². The Kier molecular flexibility index (Phi) is 4.49. The molecule has 0 bridgehead atoms. The van der Waals surface area contributed by atoms with Crippen molar-refractivity contribution in [2.45, 2.75) is 0 Å². The summed E-state index contributed by atoms with van der Waals surface area (Å²) >= 11 is 2.28. The standard InChI is InChI=1S/C16H14IN3O/c17-6-8-21-15-3-4-16(19-11-15)20-14-2-1-13-10-18-7-5-12(13)9-14/h1-5,7,9-11H,6,8H2,(H,19,20). The van der Waals surface area contributed by atoms with E-state index in [0.29, 0.717) is 6.61 Å². The first-order chi connectivity index (χ1) is 10.3. The van der Waals surface area contributed by atoms with Crippen LogP contribution in [0.2, 0.25) is 0 Å². The number of anilines is 2. The monoisotopic (exact) mass is 391 g/mol. The van der Waals surface area contributed by atoms with Crippen LogP contribution in [0.15, 0.2) is 55.0 Å². The molecule has 0 radical (unpaired) electrons. The summed E-state index contributed by atoms with van der Waals surface area (Å²) in [5, 5.41) is 5.56. The number of benzene rings is 1. The molecule has 0 spiro atoms. The van der Waals surface area contributed by atoms with Crippen LogP contribution in [-0.4, -0.2) is 21.0 Å². The average Bonchev–Trinajstić information content (AvgIpc) is 2.54. The third-order valence-electron chi connectivity index (χ3n) is 3.00. The normalized spacial score (nSPS) is 10.5. The van der Waals surface area contributed by atoms with Gasteiger partial charge in [0, 0.05) is 27.9 Å². The lowest BCUT2D eigenvalue weighted by atomic mass is 10.1. The third kappa shape index (κ3) is 3.60. The molecule has 0 saturated carbocycles. The highest BCUT2D eigenvalue weighted by Gasteiger charge is 2.00. The molecule has 0 aliphatic heterocycles. The lowest BCUT2D eigenvalue weighted by molar-refractivity contribution is 0.345. The van der Waals surface area contributed by atoms with E-state index >= 15 is 0 Å². The van der Waals surface area contributed by atoms with Crippen molar-refractivity contribution in [2.75, 3.05) is 16.4 Å². The Morgan fingerprint density at radius 2 is 2.00 bits per heavy atom. The Hall–Kier alpha value is -1.89. The van der Waals surface area contributed by atoms with E-state index in [1.54, 1.807) is 12.4 Å². The van der Waals surface area contributed by atoms with Gasteiger partial charge in [-0.05, 0) is 35.7 Å². The summed E-state index contributed by atoms with van der Waals surface area (Å²) < 4.78 is 6.48. The van der Waals surface area contributed by atoms with E-state index in [0.717, 1.165) is 32.5 Å². The van der Waals surface area contributed by atoms with Gasteiger partial charge in [-0.15, -0.1) is 0 Å². The van der Waals surface area contributed by atoms with E-state index in [4.69, 9.17) is 4.74 Å². The number of halogens is 1. The van der Waals surface area contributed by atoms with Crippen molar-refractivity contribution < 1.29 is 4.74 Å². The topological polar surface area (TPSA) is 47.0 Å². The van der Waals surface area contributed by atoms with Crippen LogP contribution in [-0.2, 0) is 0 Å². The van der Waals surface area contributed by atoms with Crippen LogP contribution in [0.1, 0.15) is 0 Å². The maximum absolute atomic E-state index is 5.51. The zero-order chi connectivity index (χ0) is 14.5. The number of rotatable bonds is 5. The Bertz CT molecular complexity index is 731. The van der Waals surface area contributed by atoms with Gasteiger partial charge in [-0.1, -0.05) is 28.7 Å². The molecule has 1 N–H and O–H groups in total. The largest absolute Gasteiger partial charge is 0.491 e. The predicted octanol–water partition coefficient (Wildman–Crippen LogP) is 4.19. The molecule has 1 aromatic carbocycles. The second-order valence-corrected chi connectivity index (χ2v) is 5.56. The summed E-state index contributed by atoms with van der Waals surface area (Å²) in [6, 6.07) is 12.0. The Labute approximate surface area is 136 Å². The number of aromatic nitrogens is 2. The van der Waals surface area contributed by atoms with Gasteiger partial charge in [0.15, 0.2) is 0 Å². The lowest BCUT2D eigenvalue weighted by Gasteiger charge is -2.08. The van der Waals surface area contributed by atoms with Crippen LogP contribution in [0.3, 0.4) is 0 Å². The first-order valence-corrected chi connectivity index (χ1v) is 8.13. The van der Waals surface area contributed by atoms with Crippen molar-refractivity contribution in [1.29, 1.82) is 0 Å². The number of nitrogens with zero attached hydrogens (tertiary/aromatic N) is 2. The molecule has 4 nitrogen and oxygen atoms in total. The third-order valence-corrected chi connectivity index (χ3v) is 3.44. The number of hydrogen-bond donors (Lipinski definition) is 1. The summed E-state index contributed by atoms with van der Waals surface area (Å²) in [5.41, 5.74) is 1.00. The van der Waals surface area contributed by atoms with Gasteiger partial charge in [0.2, 0.25) is 0 Å². The van der Waals surface area contributed by atoms with Crippen molar-refractivity contribution in [3.8, 4) is 5.75 Å². The highest BCUT2D eigenvalue weighted by molar-refractivity contribution is 14.1. The summed E-state index contributed by atoms with van der Waals surface area (Å²) in [6.07, 6.45) is 5.39. The van der Waals surface area contributed by atoms with Crippen molar-refractivity contribution >= 4 is 44.9 Å². The summed E-state index contributed by atoms with van der Waals surface area (Å²) in [5.74, 6) is 1.59. The lowest BCUT2D eigenvalue weighted by Crippen LogP contribution is -1.99. The first kappa shape index (κ1) is 14.1. The summed E-state index contributed by atoms with van der Waals surface area (Å²) in [7, 11) is 0. The Morgan fingerprint density at radius 1 is 1.05 bits per heavy atom. The first-order valence-electron chi connectivity index (χ1n) is 6.61. The molecule has 5 heteroatoms. The quantitative estimate of drug-likeness (QED) is 0.524. The molecule has 0 aliphatic rings. The fraction of sp³-hybridized carbons (Fsp3) is 0.125. The van der Waals surface area contributed by atoms with E-state index in [9.17, 15) is 0 Å². The molecule has 3 rings (SSSR count). The van der Waals surface area contributed by atoms with Crippen LogP contribution in [0.25, 0.3) is 10.8 Å².